The Hall–Kier alpha value is -0.610. The third-order valence-electron chi connectivity index (χ3n) is 4.10. The van der Waals surface area contributed by atoms with Crippen molar-refractivity contribution in [2.45, 2.75) is 57.0 Å². The lowest BCUT2D eigenvalue weighted by molar-refractivity contribution is -0.124. The van der Waals surface area contributed by atoms with E-state index < -0.39 is 0 Å². The summed E-state index contributed by atoms with van der Waals surface area (Å²) in [6, 6.07) is 0.176. The second kappa shape index (κ2) is 6.36. The normalized spacial score (nSPS) is 34.3. The maximum atomic E-state index is 12.1. The molecule has 2 aliphatic rings. The van der Waals surface area contributed by atoms with Crippen molar-refractivity contribution in [1.29, 1.82) is 0 Å². The van der Waals surface area contributed by atoms with Crippen molar-refractivity contribution in [1.82, 2.24) is 10.6 Å². The number of rotatable bonds is 3. The standard InChI is InChI=1S/C13H24N2O2/c16-9-10-5-4-7-11(10)15-13(17)12-6-2-1-3-8-14-12/h10-12,14,16H,1-9H2,(H,15,17). The molecule has 3 N–H and O–H groups in total. The Morgan fingerprint density at radius 2 is 2.06 bits per heavy atom. The van der Waals surface area contributed by atoms with Crippen LogP contribution in [0.4, 0.5) is 0 Å². The van der Waals surface area contributed by atoms with Gasteiger partial charge in [0.25, 0.3) is 0 Å². The first-order chi connectivity index (χ1) is 8.31. The number of aliphatic hydroxyl groups is 1. The van der Waals surface area contributed by atoms with Crippen molar-refractivity contribution in [2.24, 2.45) is 5.92 Å². The molecule has 4 heteroatoms. The van der Waals surface area contributed by atoms with Crippen LogP contribution >= 0.6 is 0 Å². The summed E-state index contributed by atoms with van der Waals surface area (Å²) in [6.45, 7) is 1.15. The topological polar surface area (TPSA) is 61.4 Å². The van der Waals surface area contributed by atoms with Gasteiger partial charge in [0.2, 0.25) is 5.91 Å². The van der Waals surface area contributed by atoms with Crippen LogP contribution in [0.15, 0.2) is 0 Å². The SMILES string of the molecule is O=C(NC1CCCC1CO)C1CCCCCN1. The number of carbonyl (C=O) groups excluding carboxylic acids is 1. The first kappa shape index (κ1) is 12.8. The lowest BCUT2D eigenvalue weighted by Crippen LogP contribution is -2.48. The Balaban J connectivity index is 1.82. The molecular weight excluding hydrogens is 216 g/mol. The highest BCUT2D eigenvalue weighted by Crippen LogP contribution is 2.25. The lowest BCUT2D eigenvalue weighted by Gasteiger charge is -2.23. The highest BCUT2D eigenvalue weighted by atomic mass is 16.3. The third-order valence-corrected chi connectivity index (χ3v) is 4.10. The summed E-state index contributed by atoms with van der Waals surface area (Å²) in [5.74, 6) is 0.405. The smallest absolute Gasteiger partial charge is 0.237 e. The maximum Gasteiger partial charge on any atom is 0.237 e. The van der Waals surface area contributed by atoms with Crippen LogP contribution < -0.4 is 10.6 Å². The summed E-state index contributed by atoms with van der Waals surface area (Å²) in [5.41, 5.74) is 0. The minimum absolute atomic E-state index is 0.0163. The zero-order valence-electron chi connectivity index (χ0n) is 10.5. The molecule has 0 aromatic heterocycles. The summed E-state index contributed by atoms with van der Waals surface area (Å²) in [7, 11) is 0. The van der Waals surface area contributed by atoms with Crippen molar-refractivity contribution >= 4 is 5.91 Å². The van der Waals surface area contributed by atoms with Crippen LogP contribution in [-0.2, 0) is 4.79 Å². The summed E-state index contributed by atoms with van der Waals surface area (Å²) in [4.78, 5) is 12.1. The number of aliphatic hydroxyl groups excluding tert-OH is 1. The zero-order valence-corrected chi connectivity index (χ0v) is 10.5. The Labute approximate surface area is 103 Å². The van der Waals surface area contributed by atoms with Crippen LogP contribution in [0.3, 0.4) is 0 Å². The van der Waals surface area contributed by atoms with E-state index >= 15 is 0 Å². The average Bonchev–Trinajstić information content (AvgIpc) is 2.62. The van der Waals surface area contributed by atoms with Gasteiger partial charge in [-0.1, -0.05) is 19.3 Å². The van der Waals surface area contributed by atoms with Crippen LogP contribution in [0.25, 0.3) is 0 Å². The van der Waals surface area contributed by atoms with Gasteiger partial charge in [-0.3, -0.25) is 4.79 Å². The molecule has 17 heavy (non-hydrogen) atoms. The van der Waals surface area contributed by atoms with Crippen molar-refractivity contribution in [3.63, 3.8) is 0 Å². The van der Waals surface area contributed by atoms with E-state index in [9.17, 15) is 9.90 Å². The Morgan fingerprint density at radius 3 is 2.88 bits per heavy atom. The van der Waals surface area contributed by atoms with Crippen molar-refractivity contribution in [3.8, 4) is 0 Å². The van der Waals surface area contributed by atoms with Gasteiger partial charge in [-0.05, 0) is 32.2 Å². The van der Waals surface area contributed by atoms with E-state index in [4.69, 9.17) is 0 Å². The molecular formula is C13H24N2O2. The fourth-order valence-electron chi connectivity index (χ4n) is 2.98. The highest BCUT2D eigenvalue weighted by molar-refractivity contribution is 5.82. The van der Waals surface area contributed by atoms with Gasteiger partial charge in [-0.25, -0.2) is 0 Å². The second-order valence-electron chi connectivity index (χ2n) is 5.34. The van der Waals surface area contributed by atoms with E-state index in [1.165, 1.54) is 12.8 Å². The van der Waals surface area contributed by atoms with Gasteiger partial charge in [0.15, 0.2) is 0 Å². The molecule has 1 heterocycles. The molecule has 2 fully saturated rings. The second-order valence-corrected chi connectivity index (χ2v) is 5.34. The van der Waals surface area contributed by atoms with E-state index in [0.717, 1.165) is 38.6 Å². The number of amides is 1. The van der Waals surface area contributed by atoms with E-state index in [0.29, 0.717) is 0 Å². The van der Waals surface area contributed by atoms with Gasteiger partial charge in [-0.15, -0.1) is 0 Å². The molecule has 4 nitrogen and oxygen atoms in total. The third kappa shape index (κ3) is 3.42. The predicted molar refractivity (Wildman–Crippen MR) is 66.6 cm³/mol. The largest absolute Gasteiger partial charge is 0.396 e. The summed E-state index contributed by atoms with van der Waals surface area (Å²) >= 11 is 0. The molecule has 2 rings (SSSR count). The van der Waals surface area contributed by atoms with Gasteiger partial charge >= 0.3 is 0 Å². The van der Waals surface area contributed by atoms with Crippen LogP contribution in [-0.4, -0.2) is 36.2 Å². The first-order valence-corrected chi connectivity index (χ1v) is 6.96. The average molecular weight is 240 g/mol. The number of nitrogens with one attached hydrogen (secondary N) is 2. The van der Waals surface area contributed by atoms with Crippen molar-refractivity contribution in [2.75, 3.05) is 13.2 Å². The molecule has 0 aromatic rings. The van der Waals surface area contributed by atoms with Crippen LogP contribution in [0.2, 0.25) is 0 Å². The molecule has 1 saturated carbocycles. The van der Waals surface area contributed by atoms with Crippen LogP contribution in [0, 0.1) is 5.92 Å². The Kier molecular flexibility index (Phi) is 4.80. The monoisotopic (exact) mass is 240 g/mol. The zero-order chi connectivity index (χ0) is 12.1. The highest BCUT2D eigenvalue weighted by Gasteiger charge is 2.30. The molecule has 0 bridgehead atoms. The number of hydrogen-bond acceptors (Lipinski definition) is 3. The van der Waals surface area contributed by atoms with Crippen molar-refractivity contribution in [3.05, 3.63) is 0 Å². The van der Waals surface area contributed by atoms with Crippen LogP contribution in [0.1, 0.15) is 44.9 Å². The first-order valence-electron chi connectivity index (χ1n) is 6.96. The van der Waals surface area contributed by atoms with E-state index in [-0.39, 0.29) is 30.5 Å². The van der Waals surface area contributed by atoms with Crippen molar-refractivity contribution < 1.29 is 9.90 Å². The van der Waals surface area contributed by atoms with Gasteiger partial charge in [0.05, 0.1) is 6.04 Å². The molecule has 1 saturated heterocycles. The molecule has 1 amide bonds. The van der Waals surface area contributed by atoms with Crippen LogP contribution in [0.5, 0.6) is 0 Å². The molecule has 1 aliphatic heterocycles. The van der Waals surface area contributed by atoms with Gasteiger partial charge in [-0.2, -0.15) is 0 Å². The van der Waals surface area contributed by atoms with E-state index in [1.54, 1.807) is 0 Å². The number of hydrogen-bond donors (Lipinski definition) is 3. The molecule has 98 valence electrons. The summed E-state index contributed by atoms with van der Waals surface area (Å²) < 4.78 is 0. The molecule has 3 unspecified atom stereocenters. The van der Waals surface area contributed by atoms with E-state index in [1.807, 2.05) is 0 Å². The lowest BCUT2D eigenvalue weighted by atomic mass is 10.0. The summed E-state index contributed by atoms with van der Waals surface area (Å²) in [5, 5.41) is 15.7. The fraction of sp³-hybridized carbons (Fsp3) is 0.923. The Morgan fingerprint density at radius 1 is 1.18 bits per heavy atom. The molecule has 1 aliphatic carbocycles. The molecule has 3 atom stereocenters. The van der Waals surface area contributed by atoms with Gasteiger partial charge in [0, 0.05) is 18.6 Å². The van der Waals surface area contributed by atoms with Gasteiger partial charge in [0.1, 0.15) is 0 Å². The fourth-order valence-corrected chi connectivity index (χ4v) is 2.98. The summed E-state index contributed by atoms with van der Waals surface area (Å²) in [6.07, 6.45) is 7.66. The quantitative estimate of drug-likeness (QED) is 0.683. The molecule has 0 aromatic carbocycles. The predicted octanol–water partition coefficient (Wildman–Crippen LogP) is 0.796. The molecule has 0 radical (unpaired) electrons. The maximum absolute atomic E-state index is 12.1. The minimum atomic E-state index is -0.0163. The van der Waals surface area contributed by atoms with Gasteiger partial charge < -0.3 is 15.7 Å². The van der Waals surface area contributed by atoms with E-state index in [2.05, 4.69) is 10.6 Å². The minimum Gasteiger partial charge on any atom is -0.396 e. The Bertz CT molecular complexity index is 250. The molecule has 0 spiro atoms. The number of carbonyl (C=O) groups is 1.